The van der Waals surface area contributed by atoms with Crippen molar-refractivity contribution in [2.75, 3.05) is 0 Å². The van der Waals surface area contributed by atoms with Gasteiger partial charge in [0.05, 0.1) is 0 Å². The minimum atomic E-state index is 0.0525. The van der Waals surface area contributed by atoms with Crippen molar-refractivity contribution in [3.63, 3.8) is 0 Å². The number of allylic oxidation sites excluding steroid dienone is 1. The van der Waals surface area contributed by atoms with Crippen LogP contribution in [-0.2, 0) is 6.42 Å². The van der Waals surface area contributed by atoms with E-state index in [2.05, 4.69) is 159 Å². The van der Waals surface area contributed by atoms with E-state index >= 15 is 0 Å². The van der Waals surface area contributed by atoms with Gasteiger partial charge < -0.3 is 5.73 Å². The molecular formula is C45H39N. The molecular weight excluding hydrogens is 555 g/mol. The summed E-state index contributed by atoms with van der Waals surface area (Å²) in [6, 6.07) is 64.1. The van der Waals surface area contributed by atoms with Gasteiger partial charge in [-0.2, -0.15) is 0 Å². The number of hydrogen-bond acceptors (Lipinski definition) is 1. The van der Waals surface area contributed by atoms with Crippen LogP contribution in [0.4, 0.5) is 0 Å². The van der Waals surface area contributed by atoms with E-state index in [-0.39, 0.29) is 5.92 Å². The molecule has 0 heterocycles. The monoisotopic (exact) mass is 593 g/mol. The molecule has 0 bridgehead atoms. The molecule has 46 heavy (non-hydrogen) atoms. The second-order valence-electron chi connectivity index (χ2n) is 11.7. The minimum Gasteiger partial charge on any atom is -0.398 e. The number of benzene rings is 7. The number of hydrogen-bond donors (Lipinski definition) is 1. The Bertz CT molecular complexity index is 1990. The molecule has 1 unspecified atom stereocenters. The molecule has 0 amide bonds. The van der Waals surface area contributed by atoms with Crippen LogP contribution in [0, 0.1) is 6.92 Å². The Hall–Kier alpha value is -5.66. The Labute approximate surface area is 273 Å². The molecule has 7 rings (SSSR count). The number of rotatable bonds is 7. The highest BCUT2D eigenvalue weighted by Crippen LogP contribution is 2.32. The first-order valence-electron chi connectivity index (χ1n) is 15.9. The van der Waals surface area contributed by atoms with Gasteiger partial charge >= 0.3 is 0 Å². The molecule has 1 nitrogen and oxygen atoms in total. The molecule has 0 radical (unpaired) electrons. The van der Waals surface area contributed by atoms with E-state index in [0.29, 0.717) is 0 Å². The van der Waals surface area contributed by atoms with E-state index in [1.165, 1.54) is 49.7 Å². The first-order chi connectivity index (χ1) is 22.6. The Kier molecular flexibility index (Phi) is 9.82. The molecule has 224 valence electrons. The van der Waals surface area contributed by atoms with Crippen molar-refractivity contribution in [3.05, 3.63) is 221 Å². The third-order valence-corrected chi connectivity index (χ3v) is 8.31. The van der Waals surface area contributed by atoms with Crippen molar-refractivity contribution in [3.8, 4) is 11.1 Å². The zero-order valence-corrected chi connectivity index (χ0v) is 26.3. The summed E-state index contributed by atoms with van der Waals surface area (Å²) in [6.07, 6.45) is 3.13. The average Bonchev–Trinajstić information content (AvgIpc) is 3.12. The van der Waals surface area contributed by atoms with Gasteiger partial charge in [0.1, 0.15) is 0 Å². The van der Waals surface area contributed by atoms with Gasteiger partial charge in [0.2, 0.25) is 0 Å². The fourth-order valence-corrected chi connectivity index (χ4v) is 5.77. The van der Waals surface area contributed by atoms with E-state index in [9.17, 15) is 0 Å². The minimum absolute atomic E-state index is 0.0525. The van der Waals surface area contributed by atoms with Gasteiger partial charge in [0.25, 0.3) is 0 Å². The van der Waals surface area contributed by atoms with Crippen LogP contribution in [0.5, 0.6) is 0 Å². The van der Waals surface area contributed by atoms with Crippen LogP contribution in [-0.4, -0.2) is 0 Å². The summed E-state index contributed by atoms with van der Waals surface area (Å²) in [5.74, 6) is 0.0525. The zero-order valence-electron chi connectivity index (χ0n) is 26.3. The van der Waals surface area contributed by atoms with Crippen molar-refractivity contribution in [2.45, 2.75) is 19.3 Å². The summed E-state index contributed by atoms with van der Waals surface area (Å²) >= 11 is 0. The lowest BCUT2D eigenvalue weighted by molar-refractivity contribution is 1.03. The molecule has 0 fully saturated rings. The lowest BCUT2D eigenvalue weighted by Gasteiger charge is -2.17. The highest BCUT2D eigenvalue weighted by atomic mass is 14.6. The third kappa shape index (κ3) is 7.88. The summed E-state index contributed by atoms with van der Waals surface area (Å²) in [6.45, 7) is 2.08. The van der Waals surface area contributed by atoms with E-state index < -0.39 is 0 Å². The zero-order chi connectivity index (χ0) is 31.6. The molecule has 0 saturated heterocycles. The predicted molar refractivity (Wildman–Crippen MR) is 197 cm³/mol. The maximum atomic E-state index is 6.61. The molecule has 0 aliphatic heterocycles. The normalized spacial score (nSPS) is 11.8. The predicted octanol–water partition coefficient (Wildman–Crippen LogP) is 11.2. The van der Waals surface area contributed by atoms with Crippen molar-refractivity contribution in [1.82, 2.24) is 0 Å². The Morgan fingerprint density at radius 3 is 1.67 bits per heavy atom. The summed E-state index contributed by atoms with van der Waals surface area (Å²) in [7, 11) is 0. The van der Waals surface area contributed by atoms with Gasteiger partial charge in [-0.25, -0.2) is 0 Å². The summed E-state index contributed by atoms with van der Waals surface area (Å²) in [5, 5.41) is 2.46. The van der Waals surface area contributed by atoms with Crippen LogP contribution in [0.1, 0.15) is 39.3 Å². The maximum absolute atomic E-state index is 6.61. The maximum Gasteiger partial charge on any atom is 0.0356 e. The van der Waals surface area contributed by atoms with Crippen LogP contribution in [0.2, 0.25) is 0 Å². The second kappa shape index (κ2) is 14.9. The molecule has 1 heteroatoms. The van der Waals surface area contributed by atoms with Crippen molar-refractivity contribution in [1.29, 1.82) is 0 Å². The molecule has 0 aliphatic carbocycles. The van der Waals surface area contributed by atoms with Gasteiger partial charge in [-0.05, 0) is 75.2 Å². The van der Waals surface area contributed by atoms with Gasteiger partial charge in [0.15, 0.2) is 0 Å². The lowest BCUT2D eigenvalue weighted by Crippen LogP contribution is -2.03. The van der Waals surface area contributed by atoms with Gasteiger partial charge in [0, 0.05) is 11.6 Å². The van der Waals surface area contributed by atoms with E-state index in [1.54, 1.807) is 0 Å². The molecule has 1 atom stereocenters. The topological polar surface area (TPSA) is 26.0 Å². The molecule has 7 aromatic carbocycles. The van der Waals surface area contributed by atoms with E-state index in [0.717, 1.165) is 17.7 Å². The van der Waals surface area contributed by atoms with E-state index in [1.807, 2.05) is 36.4 Å². The molecule has 0 spiro atoms. The highest BCUT2D eigenvalue weighted by Gasteiger charge is 2.14. The average molecular weight is 594 g/mol. The fourth-order valence-electron chi connectivity index (χ4n) is 5.77. The van der Waals surface area contributed by atoms with Gasteiger partial charge in [-0.1, -0.05) is 181 Å². The third-order valence-electron chi connectivity index (χ3n) is 8.31. The molecule has 7 aromatic rings. The second-order valence-corrected chi connectivity index (χ2v) is 11.7. The van der Waals surface area contributed by atoms with Crippen LogP contribution < -0.4 is 5.73 Å². The fraction of sp³-hybridized carbons (Fsp3) is 0.0667. The first kappa shape index (κ1) is 30.4. The summed E-state index contributed by atoms with van der Waals surface area (Å²) in [5.41, 5.74) is 17.3. The lowest BCUT2D eigenvalue weighted by atomic mass is 9.88. The quantitative estimate of drug-likeness (QED) is 0.195. The van der Waals surface area contributed by atoms with Crippen molar-refractivity contribution >= 4 is 16.5 Å². The van der Waals surface area contributed by atoms with Gasteiger partial charge in [-0.3, -0.25) is 0 Å². The largest absolute Gasteiger partial charge is 0.398 e. The summed E-state index contributed by atoms with van der Waals surface area (Å²) in [4.78, 5) is 0. The van der Waals surface area contributed by atoms with Crippen LogP contribution in [0.25, 0.3) is 27.6 Å². The van der Waals surface area contributed by atoms with E-state index in [4.69, 9.17) is 5.73 Å². The SMILES string of the molecule is Cc1ccccc1.N/C(=C\C(c1ccccc1)c1ccc2ccc(-c3ccc(Cc4ccccc4)cc3)cc2c1)c1ccccc1. The first-order valence-corrected chi connectivity index (χ1v) is 15.9. The molecule has 2 N–H and O–H groups in total. The Balaban J connectivity index is 0.000000471. The van der Waals surface area contributed by atoms with Crippen LogP contribution in [0.3, 0.4) is 0 Å². The van der Waals surface area contributed by atoms with Crippen molar-refractivity contribution in [2.24, 2.45) is 5.73 Å². The Morgan fingerprint density at radius 2 is 1.04 bits per heavy atom. The molecule has 0 aliphatic rings. The van der Waals surface area contributed by atoms with Gasteiger partial charge in [-0.15, -0.1) is 0 Å². The smallest absolute Gasteiger partial charge is 0.0356 e. The highest BCUT2D eigenvalue weighted by molar-refractivity contribution is 5.88. The molecule has 0 saturated carbocycles. The van der Waals surface area contributed by atoms with Crippen LogP contribution >= 0.6 is 0 Å². The molecule has 0 aromatic heterocycles. The summed E-state index contributed by atoms with van der Waals surface area (Å²) < 4.78 is 0. The van der Waals surface area contributed by atoms with Crippen LogP contribution in [0.15, 0.2) is 188 Å². The number of aryl methyl sites for hydroxylation is 1. The number of nitrogens with two attached hydrogens (primary N) is 1. The Morgan fingerprint density at radius 1 is 0.500 bits per heavy atom. The number of fused-ring (bicyclic) bond motifs is 1. The standard InChI is InChI=1S/C38H31N.C7H8/c39-38(33-14-8-3-9-15-33)27-37(32-12-6-2-7-13-32)35-23-21-31-20-22-34(25-36(31)26-35)30-18-16-29(17-19-30)24-28-10-4-1-5-11-28;1-7-5-3-2-4-6-7/h1-23,25-27,37H,24,39H2;2-6H,1H3/b38-27-;. The van der Waals surface area contributed by atoms with Crippen molar-refractivity contribution < 1.29 is 0 Å².